The molecule has 0 aromatic heterocycles. The average molecular weight is 499 g/mol. The van der Waals surface area contributed by atoms with Gasteiger partial charge in [0.25, 0.3) is 0 Å². The van der Waals surface area contributed by atoms with Gasteiger partial charge in [-0.3, -0.25) is 0 Å². The molecule has 9 nitrogen and oxygen atoms in total. The molecule has 4 aliphatic rings. The summed E-state index contributed by atoms with van der Waals surface area (Å²) < 4.78 is 11.4. The second-order valence-corrected chi connectivity index (χ2v) is 12.0. The Kier molecular flexibility index (Phi) is 7.34. The van der Waals surface area contributed by atoms with Crippen LogP contribution in [0.15, 0.2) is 23.8 Å². The van der Waals surface area contributed by atoms with Crippen molar-refractivity contribution in [2.45, 2.75) is 102 Å². The van der Waals surface area contributed by atoms with Crippen LogP contribution in [0.5, 0.6) is 0 Å². The van der Waals surface area contributed by atoms with Crippen LogP contribution in [0, 0.1) is 22.2 Å². The molecule has 0 radical (unpaired) electrons. The van der Waals surface area contributed by atoms with Crippen LogP contribution in [-0.2, 0) is 9.47 Å². The van der Waals surface area contributed by atoms with Crippen LogP contribution in [-0.4, -0.2) is 98.0 Å². The van der Waals surface area contributed by atoms with Crippen molar-refractivity contribution >= 4 is 0 Å². The fourth-order valence-electron chi connectivity index (χ4n) is 7.29. The summed E-state index contributed by atoms with van der Waals surface area (Å²) in [5.74, 6) is -0.236. The van der Waals surface area contributed by atoms with Gasteiger partial charge in [0.1, 0.15) is 24.4 Å². The van der Waals surface area contributed by atoms with E-state index in [4.69, 9.17) is 9.47 Å². The zero-order valence-corrected chi connectivity index (χ0v) is 20.9. The van der Waals surface area contributed by atoms with Crippen molar-refractivity contribution in [1.82, 2.24) is 0 Å². The molecule has 12 unspecified atom stereocenters. The lowest BCUT2D eigenvalue weighted by Gasteiger charge is -2.61. The highest BCUT2D eigenvalue weighted by molar-refractivity contribution is 5.36. The smallest absolute Gasteiger partial charge is 0.186 e. The highest BCUT2D eigenvalue weighted by atomic mass is 16.7. The standard InChI is InChI=1S/C26H42O9/c1-5-24(2)7-6-14-13(9-24)15(28)8-18-25(14,3)10-16(29)22(33)26(18,4)12-34-23-21(32)20(31)19(30)17(11-27)35-23/h5,15-23,27-33H,1,6-12H2,2-4H3. The van der Waals surface area contributed by atoms with Crippen molar-refractivity contribution in [2.75, 3.05) is 13.2 Å². The molecule has 0 amide bonds. The Morgan fingerprint density at radius 1 is 1.06 bits per heavy atom. The topological polar surface area (TPSA) is 160 Å². The first kappa shape index (κ1) is 27.2. The third-order valence-corrected chi connectivity index (χ3v) is 9.62. The summed E-state index contributed by atoms with van der Waals surface area (Å²) in [6.07, 6.45) is -4.85. The number of aliphatic hydroxyl groups is 7. The highest BCUT2D eigenvalue weighted by Gasteiger charge is 2.61. The Morgan fingerprint density at radius 2 is 1.74 bits per heavy atom. The van der Waals surface area contributed by atoms with Gasteiger partial charge in [-0.15, -0.1) is 6.58 Å². The normalized spacial score (nSPS) is 52.6. The maximum absolute atomic E-state index is 11.2. The van der Waals surface area contributed by atoms with Crippen molar-refractivity contribution in [2.24, 2.45) is 22.2 Å². The Bertz CT molecular complexity index is 845. The van der Waals surface area contributed by atoms with Gasteiger partial charge in [0.2, 0.25) is 0 Å². The van der Waals surface area contributed by atoms with Crippen LogP contribution < -0.4 is 0 Å². The Labute approximate surface area is 206 Å². The molecule has 1 saturated heterocycles. The minimum absolute atomic E-state index is 0.0919. The number of ether oxygens (including phenoxy) is 2. The van der Waals surface area contributed by atoms with E-state index >= 15 is 0 Å². The quantitative estimate of drug-likeness (QED) is 0.259. The lowest BCUT2D eigenvalue weighted by atomic mass is 9.46. The van der Waals surface area contributed by atoms with E-state index in [2.05, 4.69) is 20.4 Å². The van der Waals surface area contributed by atoms with Crippen molar-refractivity contribution < 1.29 is 45.2 Å². The molecular weight excluding hydrogens is 456 g/mol. The molecule has 1 aliphatic heterocycles. The van der Waals surface area contributed by atoms with E-state index in [-0.39, 0.29) is 17.9 Å². The summed E-state index contributed by atoms with van der Waals surface area (Å²) in [6, 6.07) is 0. The van der Waals surface area contributed by atoms with Crippen LogP contribution in [0.2, 0.25) is 0 Å². The molecular formula is C26H42O9. The zero-order valence-electron chi connectivity index (χ0n) is 20.9. The molecule has 2 fully saturated rings. The van der Waals surface area contributed by atoms with Crippen LogP contribution in [0.3, 0.4) is 0 Å². The Morgan fingerprint density at radius 3 is 2.37 bits per heavy atom. The number of rotatable bonds is 5. The van der Waals surface area contributed by atoms with Crippen molar-refractivity contribution in [3.05, 3.63) is 23.8 Å². The predicted molar refractivity (Wildman–Crippen MR) is 126 cm³/mol. The summed E-state index contributed by atoms with van der Waals surface area (Å²) >= 11 is 0. The Hall–Kier alpha value is -0.880. The molecule has 9 heteroatoms. The number of fused-ring (bicyclic) bond motifs is 2. The molecule has 0 aromatic carbocycles. The largest absolute Gasteiger partial charge is 0.394 e. The minimum atomic E-state index is -1.57. The van der Waals surface area contributed by atoms with E-state index in [1.807, 2.05) is 13.0 Å². The monoisotopic (exact) mass is 498 g/mol. The number of allylic oxidation sites excluding steroid dienone is 2. The Balaban J connectivity index is 1.63. The minimum Gasteiger partial charge on any atom is -0.394 e. The predicted octanol–water partition coefficient (Wildman–Crippen LogP) is -0.00540. The fourth-order valence-corrected chi connectivity index (χ4v) is 7.29. The first-order valence-electron chi connectivity index (χ1n) is 12.6. The second-order valence-electron chi connectivity index (χ2n) is 12.0. The van der Waals surface area contributed by atoms with E-state index < -0.39 is 66.5 Å². The van der Waals surface area contributed by atoms with E-state index in [1.165, 1.54) is 0 Å². The van der Waals surface area contributed by atoms with Gasteiger partial charge < -0.3 is 45.2 Å². The zero-order chi connectivity index (χ0) is 25.9. The maximum atomic E-state index is 11.2. The van der Waals surface area contributed by atoms with Gasteiger partial charge in [0, 0.05) is 5.41 Å². The van der Waals surface area contributed by atoms with E-state index in [9.17, 15) is 35.7 Å². The number of aliphatic hydroxyl groups excluding tert-OH is 7. The van der Waals surface area contributed by atoms with Gasteiger partial charge in [0.15, 0.2) is 6.29 Å². The van der Waals surface area contributed by atoms with E-state index in [0.29, 0.717) is 19.3 Å². The molecule has 7 N–H and O–H groups in total. The molecule has 1 heterocycles. The third kappa shape index (κ3) is 4.32. The lowest BCUT2D eigenvalue weighted by molar-refractivity contribution is -0.314. The van der Waals surface area contributed by atoms with Crippen LogP contribution in [0.25, 0.3) is 0 Å². The summed E-state index contributed by atoms with van der Waals surface area (Å²) in [4.78, 5) is 0. The first-order chi connectivity index (χ1) is 16.3. The van der Waals surface area contributed by atoms with Crippen molar-refractivity contribution in [3.8, 4) is 0 Å². The summed E-state index contributed by atoms with van der Waals surface area (Å²) in [5, 5.41) is 73.4. The molecule has 4 rings (SSSR count). The van der Waals surface area contributed by atoms with Gasteiger partial charge >= 0.3 is 0 Å². The fraction of sp³-hybridized carbons (Fsp3) is 0.846. The van der Waals surface area contributed by atoms with Crippen molar-refractivity contribution in [1.29, 1.82) is 0 Å². The number of hydrogen-bond donors (Lipinski definition) is 7. The average Bonchev–Trinajstić information content (AvgIpc) is 2.83. The molecule has 35 heavy (non-hydrogen) atoms. The molecule has 3 aliphatic carbocycles. The summed E-state index contributed by atoms with van der Waals surface area (Å²) in [6.45, 7) is 9.32. The second kappa shape index (κ2) is 9.45. The summed E-state index contributed by atoms with van der Waals surface area (Å²) in [5.41, 5.74) is 0.585. The SMILES string of the molecule is C=CC1(C)CCC2=C(C1)C(O)CC1C2(C)CC(O)C(O)C1(C)COC1OC(CO)C(O)C(O)C1O. The van der Waals surface area contributed by atoms with Gasteiger partial charge in [-0.2, -0.15) is 0 Å². The van der Waals surface area contributed by atoms with Gasteiger partial charge in [-0.25, -0.2) is 0 Å². The van der Waals surface area contributed by atoms with Crippen LogP contribution in [0.1, 0.15) is 52.9 Å². The maximum Gasteiger partial charge on any atom is 0.186 e. The third-order valence-electron chi connectivity index (χ3n) is 9.62. The first-order valence-corrected chi connectivity index (χ1v) is 12.6. The molecule has 0 bridgehead atoms. The highest BCUT2D eigenvalue weighted by Crippen LogP contribution is 2.63. The number of hydrogen-bond acceptors (Lipinski definition) is 9. The van der Waals surface area contributed by atoms with Crippen LogP contribution in [0.4, 0.5) is 0 Å². The van der Waals surface area contributed by atoms with Gasteiger partial charge in [-0.05, 0) is 54.4 Å². The van der Waals surface area contributed by atoms with E-state index in [0.717, 1.165) is 24.0 Å². The lowest BCUT2D eigenvalue weighted by Crippen LogP contribution is -2.64. The molecule has 1 saturated carbocycles. The molecule has 12 atom stereocenters. The van der Waals surface area contributed by atoms with Crippen molar-refractivity contribution in [3.63, 3.8) is 0 Å². The van der Waals surface area contributed by atoms with Gasteiger partial charge in [0.05, 0.1) is 31.5 Å². The van der Waals surface area contributed by atoms with Crippen LogP contribution >= 0.6 is 0 Å². The summed E-state index contributed by atoms with van der Waals surface area (Å²) in [7, 11) is 0. The van der Waals surface area contributed by atoms with Gasteiger partial charge in [-0.1, -0.05) is 32.4 Å². The molecule has 0 aromatic rings. The molecule has 200 valence electrons. The van der Waals surface area contributed by atoms with E-state index in [1.54, 1.807) is 0 Å². The molecule has 0 spiro atoms.